The number of hydrogen-bond acceptors (Lipinski definition) is 5. The SMILES string of the molecule is CC(C)(C(=O)O)c1ccc(NC(=O)c2cnc(C3CCCO3)s2)cc1. The molecule has 1 atom stereocenters. The smallest absolute Gasteiger partial charge is 0.313 e. The fraction of sp³-hybridized carbons (Fsp3) is 0.389. The minimum Gasteiger partial charge on any atom is -0.481 e. The maximum atomic E-state index is 12.4. The van der Waals surface area contributed by atoms with E-state index in [0.717, 1.165) is 24.5 Å². The highest BCUT2D eigenvalue weighted by molar-refractivity contribution is 7.13. The van der Waals surface area contributed by atoms with Crippen LogP contribution < -0.4 is 5.32 Å². The molecule has 2 N–H and O–H groups in total. The number of thiazole rings is 1. The van der Waals surface area contributed by atoms with Crippen LogP contribution in [0.15, 0.2) is 30.5 Å². The predicted octanol–water partition coefficient (Wildman–Crippen LogP) is 3.61. The quantitative estimate of drug-likeness (QED) is 0.850. The van der Waals surface area contributed by atoms with E-state index < -0.39 is 11.4 Å². The minimum absolute atomic E-state index is 0.00378. The summed E-state index contributed by atoms with van der Waals surface area (Å²) in [6.45, 7) is 4.03. The van der Waals surface area contributed by atoms with E-state index in [9.17, 15) is 14.7 Å². The van der Waals surface area contributed by atoms with Crippen molar-refractivity contribution in [2.24, 2.45) is 0 Å². The summed E-state index contributed by atoms with van der Waals surface area (Å²) >= 11 is 1.34. The Balaban J connectivity index is 1.68. The third-order valence-corrected chi connectivity index (χ3v) is 5.44. The van der Waals surface area contributed by atoms with Crippen LogP contribution in [0.25, 0.3) is 0 Å². The van der Waals surface area contributed by atoms with E-state index in [1.54, 1.807) is 44.3 Å². The molecule has 1 aromatic carbocycles. The molecule has 7 heteroatoms. The van der Waals surface area contributed by atoms with Crippen molar-refractivity contribution in [2.75, 3.05) is 11.9 Å². The van der Waals surface area contributed by atoms with E-state index in [2.05, 4.69) is 10.3 Å². The molecule has 25 heavy (non-hydrogen) atoms. The number of nitrogens with one attached hydrogen (secondary N) is 1. The lowest BCUT2D eigenvalue weighted by Gasteiger charge is -2.19. The first kappa shape index (κ1) is 17.6. The second-order valence-corrected chi connectivity index (χ2v) is 7.59. The van der Waals surface area contributed by atoms with Gasteiger partial charge in [0.2, 0.25) is 0 Å². The highest BCUT2D eigenvalue weighted by Gasteiger charge is 2.29. The van der Waals surface area contributed by atoms with Gasteiger partial charge in [-0.25, -0.2) is 4.98 Å². The van der Waals surface area contributed by atoms with Crippen LogP contribution in [0.2, 0.25) is 0 Å². The molecule has 0 saturated carbocycles. The van der Waals surface area contributed by atoms with Gasteiger partial charge in [-0.15, -0.1) is 11.3 Å². The number of benzene rings is 1. The average molecular weight is 360 g/mol. The van der Waals surface area contributed by atoms with Crippen LogP contribution in [0.4, 0.5) is 5.69 Å². The third kappa shape index (κ3) is 3.72. The summed E-state index contributed by atoms with van der Waals surface area (Å²) in [7, 11) is 0. The van der Waals surface area contributed by atoms with Gasteiger partial charge in [0.25, 0.3) is 5.91 Å². The number of carbonyl (C=O) groups excluding carboxylic acids is 1. The van der Waals surface area contributed by atoms with Crippen LogP contribution in [-0.4, -0.2) is 28.6 Å². The maximum absolute atomic E-state index is 12.4. The fourth-order valence-electron chi connectivity index (χ4n) is 2.60. The molecule has 1 aliphatic heterocycles. The van der Waals surface area contributed by atoms with Crippen molar-refractivity contribution in [1.29, 1.82) is 0 Å². The Bertz CT molecular complexity index is 777. The summed E-state index contributed by atoms with van der Waals surface area (Å²) in [6.07, 6.45) is 3.53. The van der Waals surface area contributed by atoms with Gasteiger partial charge in [0.05, 0.1) is 11.6 Å². The van der Waals surface area contributed by atoms with Crippen LogP contribution in [-0.2, 0) is 14.9 Å². The molecule has 1 aromatic heterocycles. The standard InChI is InChI=1S/C18H20N2O4S/c1-18(2,17(22)23)11-5-7-12(8-6-11)20-15(21)14-10-19-16(25-14)13-4-3-9-24-13/h5-8,10,13H,3-4,9H2,1-2H3,(H,20,21)(H,22,23). The Hall–Kier alpha value is -2.25. The molecule has 1 aliphatic rings. The second kappa shape index (κ2) is 6.93. The Morgan fingerprint density at radius 2 is 2.04 bits per heavy atom. The number of ether oxygens (including phenoxy) is 1. The van der Waals surface area contributed by atoms with Gasteiger partial charge in [0.15, 0.2) is 0 Å². The normalized spacial score (nSPS) is 17.4. The number of anilines is 1. The summed E-state index contributed by atoms with van der Waals surface area (Å²) in [5.74, 6) is -1.12. The van der Waals surface area contributed by atoms with Crippen molar-refractivity contribution in [1.82, 2.24) is 4.98 Å². The number of carbonyl (C=O) groups is 2. The van der Waals surface area contributed by atoms with Crippen LogP contribution >= 0.6 is 11.3 Å². The molecule has 0 radical (unpaired) electrons. The topological polar surface area (TPSA) is 88.5 Å². The molecule has 0 aliphatic carbocycles. The van der Waals surface area contributed by atoms with Crippen LogP contribution in [0.5, 0.6) is 0 Å². The molecule has 132 valence electrons. The Morgan fingerprint density at radius 1 is 1.32 bits per heavy atom. The van der Waals surface area contributed by atoms with Gasteiger partial charge >= 0.3 is 5.97 Å². The number of aromatic nitrogens is 1. The molecule has 1 fully saturated rings. The number of rotatable bonds is 5. The molecule has 2 aromatic rings. The molecule has 1 saturated heterocycles. The van der Waals surface area contributed by atoms with Gasteiger partial charge < -0.3 is 15.2 Å². The van der Waals surface area contributed by atoms with Gasteiger partial charge in [0, 0.05) is 12.3 Å². The maximum Gasteiger partial charge on any atom is 0.313 e. The Labute approximate surface area is 149 Å². The molecule has 2 heterocycles. The van der Waals surface area contributed by atoms with Gasteiger partial charge in [0.1, 0.15) is 16.0 Å². The van der Waals surface area contributed by atoms with E-state index in [0.29, 0.717) is 16.1 Å². The molecular formula is C18H20N2O4S. The molecule has 0 bridgehead atoms. The first-order valence-corrected chi connectivity index (χ1v) is 8.92. The summed E-state index contributed by atoms with van der Waals surface area (Å²) in [4.78, 5) is 28.5. The van der Waals surface area contributed by atoms with E-state index in [-0.39, 0.29) is 12.0 Å². The average Bonchev–Trinajstić information content (AvgIpc) is 3.26. The molecule has 0 spiro atoms. The molecular weight excluding hydrogens is 340 g/mol. The lowest BCUT2D eigenvalue weighted by molar-refractivity contribution is -0.142. The largest absolute Gasteiger partial charge is 0.481 e. The third-order valence-electron chi connectivity index (χ3n) is 4.35. The number of amides is 1. The number of carboxylic acid groups (broad SMARTS) is 1. The summed E-state index contributed by atoms with van der Waals surface area (Å²) < 4.78 is 5.58. The van der Waals surface area contributed by atoms with E-state index in [1.807, 2.05) is 0 Å². The lowest BCUT2D eigenvalue weighted by Crippen LogP contribution is -2.28. The second-order valence-electron chi connectivity index (χ2n) is 6.53. The molecule has 6 nitrogen and oxygen atoms in total. The predicted molar refractivity (Wildman–Crippen MR) is 95.1 cm³/mol. The number of nitrogens with zero attached hydrogens (tertiary/aromatic N) is 1. The summed E-state index contributed by atoms with van der Waals surface area (Å²) in [6, 6.07) is 6.85. The van der Waals surface area contributed by atoms with Gasteiger partial charge in [-0.2, -0.15) is 0 Å². The zero-order valence-electron chi connectivity index (χ0n) is 14.1. The molecule has 1 amide bonds. The summed E-state index contributed by atoms with van der Waals surface area (Å²) in [5, 5.41) is 12.9. The van der Waals surface area contributed by atoms with Crippen molar-refractivity contribution in [3.8, 4) is 0 Å². The first-order valence-electron chi connectivity index (χ1n) is 8.10. The van der Waals surface area contributed by atoms with Gasteiger partial charge in [-0.3, -0.25) is 9.59 Å². The zero-order chi connectivity index (χ0) is 18.0. The zero-order valence-corrected chi connectivity index (χ0v) is 14.9. The van der Waals surface area contributed by atoms with Crippen molar-refractivity contribution >= 4 is 28.9 Å². The van der Waals surface area contributed by atoms with Crippen LogP contribution in [0.1, 0.15) is 53.0 Å². The monoisotopic (exact) mass is 360 g/mol. The summed E-state index contributed by atoms with van der Waals surface area (Å²) in [5.41, 5.74) is 0.314. The van der Waals surface area contributed by atoms with E-state index in [1.165, 1.54) is 11.3 Å². The highest BCUT2D eigenvalue weighted by Crippen LogP contribution is 2.31. The van der Waals surface area contributed by atoms with E-state index >= 15 is 0 Å². The van der Waals surface area contributed by atoms with Crippen molar-refractivity contribution in [3.63, 3.8) is 0 Å². The van der Waals surface area contributed by atoms with Crippen molar-refractivity contribution in [2.45, 2.75) is 38.2 Å². The van der Waals surface area contributed by atoms with Crippen LogP contribution in [0.3, 0.4) is 0 Å². The lowest BCUT2D eigenvalue weighted by atomic mass is 9.85. The minimum atomic E-state index is -0.976. The molecule has 1 unspecified atom stereocenters. The number of aliphatic carboxylic acids is 1. The van der Waals surface area contributed by atoms with Gasteiger partial charge in [-0.1, -0.05) is 12.1 Å². The van der Waals surface area contributed by atoms with Crippen molar-refractivity contribution in [3.05, 3.63) is 45.9 Å². The molecule has 3 rings (SSSR count). The Kier molecular flexibility index (Phi) is 4.87. The van der Waals surface area contributed by atoms with Crippen LogP contribution in [0, 0.1) is 0 Å². The van der Waals surface area contributed by atoms with Crippen molar-refractivity contribution < 1.29 is 19.4 Å². The number of hydrogen-bond donors (Lipinski definition) is 2. The number of carboxylic acids is 1. The first-order chi connectivity index (χ1) is 11.9. The van der Waals surface area contributed by atoms with Gasteiger partial charge in [-0.05, 0) is 44.4 Å². The fourth-order valence-corrected chi connectivity index (χ4v) is 3.50. The van der Waals surface area contributed by atoms with E-state index in [4.69, 9.17) is 4.74 Å². The highest BCUT2D eigenvalue weighted by atomic mass is 32.1. The Morgan fingerprint density at radius 3 is 2.64 bits per heavy atom.